The van der Waals surface area contributed by atoms with Gasteiger partial charge in [-0.05, 0) is 24.5 Å². The first-order valence-corrected chi connectivity index (χ1v) is 8.23. The van der Waals surface area contributed by atoms with Crippen molar-refractivity contribution in [1.29, 1.82) is 0 Å². The van der Waals surface area contributed by atoms with Gasteiger partial charge in [0.2, 0.25) is 5.91 Å². The molecule has 1 aliphatic rings. The molecule has 1 heterocycles. The van der Waals surface area contributed by atoms with Gasteiger partial charge in [0.15, 0.2) is 17.6 Å². The van der Waals surface area contributed by atoms with Crippen LogP contribution < -0.4 is 10.6 Å². The highest BCUT2D eigenvalue weighted by molar-refractivity contribution is 5.80. The van der Waals surface area contributed by atoms with Gasteiger partial charge in [-0.25, -0.2) is 8.78 Å². The summed E-state index contributed by atoms with van der Waals surface area (Å²) in [6.45, 7) is 3.70. The van der Waals surface area contributed by atoms with Crippen molar-refractivity contribution in [3.05, 3.63) is 35.4 Å². The Bertz CT molecular complexity index is 606. The Morgan fingerprint density at radius 2 is 2.21 bits per heavy atom. The van der Waals surface area contributed by atoms with Crippen LogP contribution in [0.25, 0.3) is 0 Å². The van der Waals surface area contributed by atoms with Crippen molar-refractivity contribution in [2.24, 2.45) is 4.99 Å². The number of guanidine groups is 1. The van der Waals surface area contributed by atoms with Crippen LogP contribution in [0.5, 0.6) is 0 Å². The number of benzene rings is 1. The minimum absolute atomic E-state index is 0.151. The number of hydrogen-bond acceptors (Lipinski definition) is 2. The molecular formula is C17H24F2N4O. The molecule has 1 aromatic rings. The summed E-state index contributed by atoms with van der Waals surface area (Å²) < 4.78 is 26.8. The zero-order valence-electron chi connectivity index (χ0n) is 14.1. The second-order valence-electron chi connectivity index (χ2n) is 5.79. The largest absolute Gasteiger partial charge is 0.356 e. The van der Waals surface area contributed by atoms with Gasteiger partial charge in [0, 0.05) is 39.1 Å². The molecule has 0 saturated carbocycles. The molecule has 1 fully saturated rings. The molecule has 24 heavy (non-hydrogen) atoms. The number of aliphatic imine (C=N–C) groups is 1. The maximum Gasteiger partial charge on any atom is 0.222 e. The van der Waals surface area contributed by atoms with Crippen molar-refractivity contribution in [3.8, 4) is 0 Å². The topological polar surface area (TPSA) is 56.7 Å². The summed E-state index contributed by atoms with van der Waals surface area (Å²) in [5, 5.41) is 6.36. The lowest BCUT2D eigenvalue weighted by Gasteiger charge is -2.18. The summed E-state index contributed by atoms with van der Waals surface area (Å²) in [7, 11) is 1.65. The second kappa shape index (κ2) is 8.61. The van der Waals surface area contributed by atoms with E-state index in [0.717, 1.165) is 19.0 Å². The Balaban J connectivity index is 1.79. The standard InChI is InChI=1S/C17H24F2N4O/c1-3-15(24)23-10-8-13(11-23)22-17(20-2)21-9-7-12-5-4-6-14(18)16(12)19/h4-6,13H,3,7-11H2,1-2H3,(H2,20,21,22). The van der Waals surface area contributed by atoms with E-state index in [9.17, 15) is 13.6 Å². The molecule has 1 amide bonds. The monoisotopic (exact) mass is 338 g/mol. The maximum absolute atomic E-state index is 13.6. The van der Waals surface area contributed by atoms with Crippen molar-refractivity contribution < 1.29 is 13.6 Å². The van der Waals surface area contributed by atoms with E-state index in [1.54, 1.807) is 13.1 Å². The zero-order chi connectivity index (χ0) is 17.5. The molecule has 2 N–H and O–H groups in total. The summed E-state index contributed by atoms with van der Waals surface area (Å²) in [6.07, 6.45) is 1.74. The fourth-order valence-corrected chi connectivity index (χ4v) is 2.77. The SMILES string of the molecule is CCC(=O)N1CCC(NC(=NC)NCCc2cccc(F)c2F)C1. The number of nitrogens with one attached hydrogen (secondary N) is 2. The molecule has 0 aliphatic carbocycles. The number of carbonyl (C=O) groups excluding carboxylic acids is 1. The molecule has 1 atom stereocenters. The highest BCUT2D eigenvalue weighted by atomic mass is 19.2. The average molecular weight is 338 g/mol. The third-order valence-corrected chi connectivity index (χ3v) is 4.13. The van der Waals surface area contributed by atoms with E-state index in [-0.39, 0.29) is 11.9 Å². The summed E-state index contributed by atoms with van der Waals surface area (Å²) >= 11 is 0. The lowest BCUT2D eigenvalue weighted by atomic mass is 10.1. The molecule has 0 radical (unpaired) electrons. The Labute approximate surface area is 141 Å². The first-order valence-electron chi connectivity index (χ1n) is 8.23. The fraction of sp³-hybridized carbons (Fsp3) is 0.529. The lowest BCUT2D eigenvalue weighted by Crippen LogP contribution is -2.45. The average Bonchev–Trinajstić information content (AvgIpc) is 3.05. The van der Waals surface area contributed by atoms with E-state index >= 15 is 0 Å². The van der Waals surface area contributed by atoms with Crippen LogP contribution in [0.4, 0.5) is 8.78 Å². The molecule has 0 bridgehead atoms. The van der Waals surface area contributed by atoms with Crippen LogP contribution in [0.1, 0.15) is 25.3 Å². The predicted molar refractivity (Wildman–Crippen MR) is 89.8 cm³/mol. The van der Waals surface area contributed by atoms with Crippen LogP contribution in [-0.2, 0) is 11.2 Å². The lowest BCUT2D eigenvalue weighted by molar-refractivity contribution is -0.129. The third-order valence-electron chi connectivity index (χ3n) is 4.13. The zero-order valence-corrected chi connectivity index (χ0v) is 14.1. The van der Waals surface area contributed by atoms with Crippen molar-refractivity contribution in [1.82, 2.24) is 15.5 Å². The molecule has 1 aliphatic heterocycles. The fourth-order valence-electron chi connectivity index (χ4n) is 2.77. The van der Waals surface area contributed by atoms with Gasteiger partial charge in [-0.2, -0.15) is 0 Å². The van der Waals surface area contributed by atoms with Gasteiger partial charge in [0.1, 0.15) is 0 Å². The van der Waals surface area contributed by atoms with Gasteiger partial charge < -0.3 is 15.5 Å². The number of carbonyl (C=O) groups is 1. The van der Waals surface area contributed by atoms with Crippen LogP contribution in [0, 0.1) is 11.6 Å². The van der Waals surface area contributed by atoms with E-state index in [0.29, 0.717) is 37.5 Å². The molecule has 0 aromatic heterocycles. The molecule has 0 spiro atoms. The summed E-state index contributed by atoms with van der Waals surface area (Å²) in [4.78, 5) is 17.7. The molecule has 7 heteroatoms. The number of nitrogens with zero attached hydrogens (tertiary/aromatic N) is 2. The van der Waals surface area contributed by atoms with Crippen molar-refractivity contribution in [2.45, 2.75) is 32.2 Å². The Morgan fingerprint density at radius 1 is 1.42 bits per heavy atom. The minimum Gasteiger partial charge on any atom is -0.356 e. The summed E-state index contributed by atoms with van der Waals surface area (Å²) in [6, 6.07) is 4.33. The number of likely N-dealkylation sites (tertiary alicyclic amines) is 1. The Morgan fingerprint density at radius 3 is 2.92 bits per heavy atom. The molecule has 1 aromatic carbocycles. The first-order chi connectivity index (χ1) is 11.5. The summed E-state index contributed by atoms with van der Waals surface area (Å²) in [5.74, 6) is -0.875. The normalized spacial score (nSPS) is 17.9. The molecule has 132 valence electrons. The second-order valence-corrected chi connectivity index (χ2v) is 5.79. The van der Waals surface area contributed by atoms with Gasteiger partial charge in [0.05, 0.1) is 0 Å². The van der Waals surface area contributed by atoms with Gasteiger partial charge in [-0.3, -0.25) is 9.79 Å². The molecular weight excluding hydrogens is 314 g/mol. The van der Waals surface area contributed by atoms with E-state index in [4.69, 9.17) is 0 Å². The van der Waals surface area contributed by atoms with E-state index in [2.05, 4.69) is 15.6 Å². The number of halogens is 2. The van der Waals surface area contributed by atoms with Crippen LogP contribution in [0.3, 0.4) is 0 Å². The van der Waals surface area contributed by atoms with Crippen LogP contribution >= 0.6 is 0 Å². The van der Waals surface area contributed by atoms with Crippen molar-refractivity contribution >= 4 is 11.9 Å². The minimum atomic E-state index is -0.832. The van der Waals surface area contributed by atoms with Crippen molar-refractivity contribution in [3.63, 3.8) is 0 Å². The van der Waals surface area contributed by atoms with E-state index in [1.165, 1.54) is 6.07 Å². The maximum atomic E-state index is 13.6. The molecule has 1 saturated heterocycles. The molecule has 1 unspecified atom stereocenters. The quantitative estimate of drug-likeness (QED) is 0.634. The van der Waals surface area contributed by atoms with Gasteiger partial charge in [-0.15, -0.1) is 0 Å². The smallest absolute Gasteiger partial charge is 0.222 e. The third kappa shape index (κ3) is 4.66. The van der Waals surface area contributed by atoms with Gasteiger partial charge >= 0.3 is 0 Å². The van der Waals surface area contributed by atoms with Crippen LogP contribution in [0.15, 0.2) is 23.2 Å². The number of hydrogen-bond donors (Lipinski definition) is 2. The highest BCUT2D eigenvalue weighted by Crippen LogP contribution is 2.12. The van der Waals surface area contributed by atoms with Gasteiger partial charge in [0.25, 0.3) is 0 Å². The first kappa shape index (κ1) is 18.2. The highest BCUT2D eigenvalue weighted by Gasteiger charge is 2.25. The number of amides is 1. The van der Waals surface area contributed by atoms with Crippen LogP contribution in [0.2, 0.25) is 0 Å². The Kier molecular flexibility index (Phi) is 6.52. The van der Waals surface area contributed by atoms with Crippen LogP contribution in [-0.4, -0.2) is 49.5 Å². The Hall–Kier alpha value is -2.18. The molecule has 2 rings (SSSR count). The summed E-state index contributed by atoms with van der Waals surface area (Å²) in [5.41, 5.74) is 0.332. The molecule has 5 nitrogen and oxygen atoms in total. The van der Waals surface area contributed by atoms with E-state index < -0.39 is 11.6 Å². The van der Waals surface area contributed by atoms with Crippen molar-refractivity contribution in [2.75, 3.05) is 26.7 Å². The predicted octanol–water partition coefficient (Wildman–Crippen LogP) is 1.68. The van der Waals surface area contributed by atoms with E-state index in [1.807, 2.05) is 11.8 Å². The van der Waals surface area contributed by atoms with Gasteiger partial charge in [-0.1, -0.05) is 19.1 Å². The number of rotatable bonds is 5.